The largest absolute Gasteiger partial charge is 0.357 e. The van der Waals surface area contributed by atoms with E-state index >= 15 is 0 Å². The molecule has 0 atom stereocenters. The van der Waals surface area contributed by atoms with Crippen molar-refractivity contribution in [1.29, 1.82) is 0 Å². The number of rotatable bonds is 4. The molecule has 5 heteroatoms. The summed E-state index contributed by atoms with van der Waals surface area (Å²) >= 11 is 1.64. The maximum Gasteiger partial charge on any atom is 0.225 e. The van der Waals surface area contributed by atoms with Gasteiger partial charge in [0.05, 0.1) is 5.39 Å². The Morgan fingerprint density at radius 1 is 1.15 bits per heavy atom. The van der Waals surface area contributed by atoms with Crippen LogP contribution < -0.4 is 10.2 Å². The summed E-state index contributed by atoms with van der Waals surface area (Å²) in [5.41, 5.74) is 1.14. The van der Waals surface area contributed by atoms with Crippen LogP contribution in [0.25, 0.3) is 10.2 Å². The Morgan fingerprint density at radius 2 is 1.95 bits per heavy atom. The van der Waals surface area contributed by atoms with Crippen molar-refractivity contribution in [3.8, 4) is 0 Å². The summed E-state index contributed by atoms with van der Waals surface area (Å²) in [6.07, 6.45) is 0. The van der Waals surface area contributed by atoms with E-state index in [0.717, 1.165) is 28.3 Å². The third kappa shape index (κ3) is 2.20. The van der Waals surface area contributed by atoms with Gasteiger partial charge in [-0.25, -0.2) is 4.98 Å². The fourth-order valence-corrected chi connectivity index (χ4v) is 2.98. The summed E-state index contributed by atoms with van der Waals surface area (Å²) in [5, 5.41) is 6.19. The second kappa shape index (κ2) is 5.46. The molecule has 0 amide bonds. The average Bonchev–Trinajstić information content (AvgIpc) is 2.97. The maximum atomic E-state index is 4.65. The molecule has 102 valence electrons. The molecule has 1 N–H and O–H groups in total. The summed E-state index contributed by atoms with van der Waals surface area (Å²) in [4.78, 5) is 12.4. The molecule has 0 bridgehead atoms. The molecule has 2 aromatic heterocycles. The van der Waals surface area contributed by atoms with Gasteiger partial charge in [0.1, 0.15) is 10.6 Å². The molecule has 2 heterocycles. The fourth-order valence-electron chi connectivity index (χ4n) is 2.22. The van der Waals surface area contributed by atoms with E-state index in [1.54, 1.807) is 11.3 Å². The molecular formula is C15H16N4S. The van der Waals surface area contributed by atoms with E-state index in [1.165, 1.54) is 0 Å². The minimum atomic E-state index is 0.657. The first-order chi connectivity index (χ1) is 9.83. The van der Waals surface area contributed by atoms with Gasteiger partial charge in [0.15, 0.2) is 0 Å². The smallest absolute Gasteiger partial charge is 0.225 e. The van der Waals surface area contributed by atoms with Crippen LogP contribution in [0.3, 0.4) is 0 Å². The van der Waals surface area contributed by atoms with Crippen molar-refractivity contribution in [2.75, 3.05) is 23.8 Å². The van der Waals surface area contributed by atoms with Gasteiger partial charge in [-0.3, -0.25) is 0 Å². The van der Waals surface area contributed by atoms with E-state index in [-0.39, 0.29) is 0 Å². The van der Waals surface area contributed by atoms with Crippen LogP contribution in [0.2, 0.25) is 0 Å². The lowest BCUT2D eigenvalue weighted by atomic mass is 10.2. The predicted octanol–water partition coefficient (Wildman–Crippen LogP) is 3.89. The highest BCUT2D eigenvalue weighted by Crippen LogP contribution is 2.32. The zero-order chi connectivity index (χ0) is 13.9. The van der Waals surface area contributed by atoms with Gasteiger partial charge in [-0.2, -0.15) is 4.98 Å². The second-order valence-corrected chi connectivity index (χ2v) is 5.23. The van der Waals surface area contributed by atoms with E-state index in [0.29, 0.717) is 5.95 Å². The van der Waals surface area contributed by atoms with Gasteiger partial charge in [0.25, 0.3) is 0 Å². The Kier molecular flexibility index (Phi) is 3.52. The number of para-hydroxylation sites is 1. The Balaban J connectivity index is 2.18. The van der Waals surface area contributed by atoms with Gasteiger partial charge < -0.3 is 10.2 Å². The number of benzene rings is 1. The number of nitrogens with one attached hydrogen (secondary N) is 1. The van der Waals surface area contributed by atoms with Crippen LogP contribution in [0.4, 0.5) is 17.5 Å². The molecule has 0 saturated heterocycles. The fraction of sp³-hybridized carbons (Fsp3) is 0.200. The zero-order valence-corrected chi connectivity index (χ0v) is 12.3. The van der Waals surface area contributed by atoms with Crippen LogP contribution in [0.15, 0.2) is 41.8 Å². The van der Waals surface area contributed by atoms with Gasteiger partial charge in [0, 0.05) is 19.3 Å². The molecule has 4 nitrogen and oxygen atoms in total. The minimum Gasteiger partial charge on any atom is -0.357 e. The monoisotopic (exact) mass is 284 g/mol. The summed E-state index contributed by atoms with van der Waals surface area (Å²) < 4.78 is 0. The molecule has 0 spiro atoms. The van der Waals surface area contributed by atoms with E-state index in [4.69, 9.17) is 0 Å². The summed E-state index contributed by atoms with van der Waals surface area (Å²) in [7, 11) is 1.84. The quantitative estimate of drug-likeness (QED) is 0.789. The van der Waals surface area contributed by atoms with Gasteiger partial charge in [-0.15, -0.1) is 11.3 Å². The van der Waals surface area contributed by atoms with Crippen LogP contribution in [-0.2, 0) is 0 Å². The third-order valence-electron chi connectivity index (χ3n) is 3.17. The molecule has 3 rings (SSSR count). The number of thiophene rings is 1. The van der Waals surface area contributed by atoms with Crippen LogP contribution in [0.1, 0.15) is 6.92 Å². The van der Waals surface area contributed by atoms with Gasteiger partial charge in [-0.05, 0) is 30.5 Å². The van der Waals surface area contributed by atoms with Crippen LogP contribution in [0, 0.1) is 0 Å². The number of hydrogen-bond donors (Lipinski definition) is 1. The lowest BCUT2D eigenvalue weighted by molar-refractivity contribution is 0.992. The van der Waals surface area contributed by atoms with Crippen LogP contribution in [-0.4, -0.2) is 23.6 Å². The highest BCUT2D eigenvalue weighted by atomic mass is 32.1. The molecule has 0 unspecified atom stereocenters. The highest BCUT2D eigenvalue weighted by Gasteiger charge is 2.15. The van der Waals surface area contributed by atoms with Crippen molar-refractivity contribution in [3.63, 3.8) is 0 Å². The van der Waals surface area contributed by atoms with Gasteiger partial charge in [-0.1, -0.05) is 18.2 Å². The van der Waals surface area contributed by atoms with Gasteiger partial charge >= 0.3 is 0 Å². The normalized spacial score (nSPS) is 10.7. The lowest BCUT2D eigenvalue weighted by Gasteiger charge is -2.23. The van der Waals surface area contributed by atoms with E-state index < -0.39 is 0 Å². The van der Waals surface area contributed by atoms with E-state index in [9.17, 15) is 0 Å². The molecule has 0 saturated carbocycles. The minimum absolute atomic E-state index is 0.657. The Bertz CT molecular complexity index is 708. The van der Waals surface area contributed by atoms with Crippen molar-refractivity contribution in [1.82, 2.24) is 9.97 Å². The first kappa shape index (κ1) is 12.9. The summed E-state index contributed by atoms with van der Waals surface area (Å²) in [6, 6.07) is 12.4. The number of fused-ring (bicyclic) bond motifs is 1. The highest BCUT2D eigenvalue weighted by molar-refractivity contribution is 7.16. The predicted molar refractivity (Wildman–Crippen MR) is 86.1 cm³/mol. The average molecular weight is 284 g/mol. The van der Waals surface area contributed by atoms with E-state index in [2.05, 4.69) is 50.7 Å². The summed E-state index contributed by atoms with van der Waals surface area (Å²) in [6.45, 7) is 2.99. The number of anilines is 3. The Labute approximate surface area is 122 Å². The zero-order valence-electron chi connectivity index (χ0n) is 11.5. The Morgan fingerprint density at radius 3 is 2.65 bits per heavy atom. The molecule has 0 fully saturated rings. The Hall–Kier alpha value is -2.14. The lowest BCUT2D eigenvalue weighted by Crippen LogP contribution is -2.18. The summed E-state index contributed by atoms with van der Waals surface area (Å²) in [5.74, 6) is 1.61. The standard InChI is InChI=1S/C15H16N4S/c1-3-19(11-7-5-4-6-8-11)13-12-9-10-20-14(12)18-15(16-2)17-13/h4-10H,3H2,1-2H3,(H,16,17,18). The molecular weight excluding hydrogens is 268 g/mol. The SMILES string of the molecule is CCN(c1ccccc1)c1nc(NC)nc2sccc12. The number of aromatic nitrogens is 2. The third-order valence-corrected chi connectivity index (χ3v) is 3.97. The van der Waals surface area contributed by atoms with Crippen molar-refractivity contribution < 1.29 is 0 Å². The first-order valence-corrected chi connectivity index (χ1v) is 7.47. The number of hydrogen-bond acceptors (Lipinski definition) is 5. The first-order valence-electron chi connectivity index (χ1n) is 6.59. The van der Waals surface area contributed by atoms with Crippen LogP contribution in [0.5, 0.6) is 0 Å². The maximum absolute atomic E-state index is 4.65. The molecule has 0 aliphatic carbocycles. The molecule has 3 aromatic rings. The molecule has 20 heavy (non-hydrogen) atoms. The van der Waals surface area contributed by atoms with Crippen LogP contribution >= 0.6 is 11.3 Å². The van der Waals surface area contributed by atoms with Crippen molar-refractivity contribution >= 4 is 39.0 Å². The molecule has 1 aromatic carbocycles. The van der Waals surface area contributed by atoms with Crippen molar-refractivity contribution in [2.24, 2.45) is 0 Å². The molecule has 0 aliphatic heterocycles. The molecule has 0 aliphatic rings. The molecule has 0 radical (unpaired) electrons. The van der Waals surface area contributed by atoms with Crippen molar-refractivity contribution in [2.45, 2.75) is 6.92 Å². The van der Waals surface area contributed by atoms with Gasteiger partial charge in [0.2, 0.25) is 5.95 Å². The number of nitrogens with zero attached hydrogens (tertiary/aromatic N) is 3. The van der Waals surface area contributed by atoms with Crippen molar-refractivity contribution in [3.05, 3.63) is 41.8 Å². The van der Waals surface area contributed by atoms with E-state index in [1.807, 2.05) is 25.2 Å². The topological polar surface area (TPSA) is 41.1 Å². The second-order valence-electron chi connectivity index (χ2n) is 4.34.